The van der Waals surface area contributed by atoms with Crippen LogP contribution >= 0.6 is 0 Å². The molecule has 0 spiro atoms. The van der Waals surface area contributed by atoms with Crippen LogP contribution in [0.1, 0.15) is 0 Å². The lowest BCUT2D eigenvalue weighted by atomic mass is 9.86. The summed E-state index contributed by atoms with van der Waals surface area (Å²) in [5.74, 6) is 1.94. The first-order valence-electron chi connectivity index (χ1n) is 19.3. The second-order valence-electron chi connectivity index (χ2n) is 14.4. The lowest BCUT2D eigenvalue weighted by Crippen LogP contribution is -2.15. The van der Waals surface area contributed by atoms with Crippen LogP contribution < -0.4 is 4.90 Å². The molecule has 0 N–H and O–H groups in total. The lowest BCUT2D eigenvalue weighted by Gasteiger charge is -2.34. The molecule has 0 unspecified atom stereocenters. The quantitative estimate of drug-likeness (QED) is 0.171. The molecule has 0 bridgehead atoms. The van der Waals surface area contributed by atoms with Crippen LogP contribution in [0.5, 0.6) is 0 Å². The molecule has 0 atom stereocenters. The van der Waals surface area contributed by atoms with Gasteiger partial charge in [-0.2, -0.15) is 0 Å². The number of fused-ring (bicyclic) bond motifs is 3. The monoisotopic (exact) mass is 726 g/mol. The highest BCUT2D eigenvalue weighted by atomic mass is 15.2. The van der Waals surface area contributed by atoms with E-state index < -0.39 is 0 Å². The number of hydrogen-bond donors (Lipinski definition) is 0. The fraction of sp³-hybridized carbons (Fsp3) is 0. The van der Waals surface area contributed by atoms with Crippen molar-refractivity contribution in [2.45, 2.75) is 0 Å². The predicted molar refractivity (Wildman–Crippen MR) is 236 cm³/mol. The van der Waals surface area contributed by atoms with Gasteiger partial charge in [0, 0.05) is 33.3 Å². The summed E-state index contributed by atoms with van der Waals surface area (Å²) >= 11 is 0. The van der Waals surface area contributed by atoms with Gasteiger partial charge in [0.25, 0.3) is 0 Å². The van der Waals surface area contributed by atoms with E-state index in [0.717, 1.165) is 50.0 Å². The summed E-state index contributed by atoms with van der Waals surface area (Å²) in [5.41, 5.74) is 13.5. The van der Waals surface area contributed by atoms with Gasteiger partial charge in [0.2, 0.25) is 0 Å². The zero-order chi connectivity index (χ0) is 37.7. The van der Waals surface area contributed by atoms with Crippen LogP contribution in [0, 0.1) is 0 Å². The van der Waals surface area contributed by atoms with Crippen molar-refractivity contribution < 1.29 is 0 Å². The molecule has 0 aliphatic carbocycles. The van der Waals surface area contributed by atoms with Crippen molar-refractivity contribution in [2.75, 3.05) is 4.90 Å². The Morgan fingerprint density at radius 2 is 0.772 bits per heavy atom. The summed E-state index contributed by atoms with van der Waals surface area (Å²) in [6, 6.07) is 73.0. The highest BCUT2D eigenvalue weighted by Gasteiger charge is 2.28. The molecule has 4 nitrogen and oxygen atoms in total. The molecule has 266 valence electrons. The zero-order valence-corrected chi connectivity index (χ0v) is 30.9. The third-order valence-corrected chi connectivity index (χ3v) is 11.1. The highest BCUT2D eigenvalue weighted by Crippen LogP contribution is 2.53. The maximum absolute atomic E-state index is 5.09. The number of hydrogen-bond acceptors (Lipinski definition) is 4. The predicted octanol–water partition coefficient (Wildman–Crippen LogP) is 14.0. The van der Waals surface area contributed by atoms with E-state index in [0.29, 0.717) is 17.5 Å². The number of nitrogens with zero attached hydrogens (tertiary/aromatic N) is 4. The van der Waals surface area contributed by atoms with Crippen LogP contribution in [0.15, 0.2) is 206 Å². The van der Waals surface area contributed by atoms with Crippen molar-refractivity contribution in [3.8, 4) is 67.5 Å². The Morgan fingerprint density at radius 3 is 1.44 bits per heavy atom. The molecule has 1 aliphatic heterocycles. The maximum Gasteiger partial charge on any atom is 0.164 e. The standard InChI is InChI=1S/C53H34N4/c1-5-16-35(17-6-1)40-31-33-49-50-44(40)26-15-27-45(50)47-34-38(28-32-48(47)57(49)39-22-11-4-12-23-39)41-29-30-46(43-25-14-13-24-42(41)43)53-55-51(36-18-7-2-8-19-36)54-52(56-53)37-20-9-3-10-21-37/h1-34H. The summed E-state index contributed by atoms with van der Waals surface area (Å²) in [4.78, 5) is 17.5. The zero-order valence-electron chi connectivity index (χ0n) is 30.9. The maximum atomic E-state index is 5.09. The molecule has 0 saturated heterocycles. The Kier molecular flexibility index (Phi) is 7.78. The molecule has 0 saturated carbocycles. The van der Waals surface area contributed by atoms with Crippen LogP contribution in [-0.2, 0) is 0 Å². The number of aromatic nitrogens is 3. The van der Waals surface area contributed by atoms with Crippen molar-refractivity contribution >= 4 is 38.6 Å². The molecular weight excluding hydrogens is 693 g/mol. The smallest absolute Gasteiger partial charge is 0.164 e. The van der Waals surface area contributed by atoms with Crippen molar-refractivity contribution in [1.82, 2.24) is 15.0 Å². The first-order chi connectivity index (χ1) is 28.3. The molecule has 4 heteroatoms. The van der Waals surface area contributed by atoms with Gasteiger partial charge in [-0.05, 0) is 80.4 Å². The van der Waals surface area contributed by atoms with Crippen LogP contribution in [-0.4, -0.2) is 15.0 Å². The fourth-order valence-electron chi connectivity index (χ4n) is 8.44. The van der Waals surface area contributed by atoms with Crippen LogP contribution in [0.25, 0.3) is 89.1 Å². The van der Waals surface area contributed by atoms with Crippen molar-refractivity contribution in [3.05, 3.63) is 206 Å². The van der Waals surface area contributed by atoms with E-state index in [9.17, 15) is 0 Å². The summed E-state index contributed by atoms with van der Waals surface area (Å²) in [5, 5.41) is 4.72. The number of para-hydroxylation sites is 1. The molecule has 11 rings (SSSR count). The normalized spacial score (nSPS) is 11.8. The topological polar surface area (TPSA) is 41.9 Å². The summed E-state index contributed by atoms with van der Waals surface area (Å²) in [6.07, 6.45) is 0. The van der Waals surface area contributed by atoms with E-state index in [2.05, 4.69) is 150 Å². The third-order valence-electron chi connectivity index (χ3n) is 11.1. The van der Waals surface area contributed by atoms with Gasteiger partial charge in [-0.3, -0.25) is 0 Å². The molecule has 0 radical (unpaired) electrons. The Hall–Kier alpha value is -7.69. The first kappa shape index (κ1) is 32.7. The van der Waals surface area contributed by atoms with Gasteiger partial charge in [0.15, 0.2) is 17.5 Å². The molecule has 2 heterocycles. The average molecular weight is 727 g/mol. The fourth-order valence-corrected chi connectivity index (χ4v) is 8.44. The van der Waals surface area contributed by atoms with E-state index >= 15 is 0 Å². The number of benzene rings is 9. The lowest BCUT2D eigenvalue weighted by molar-refractivity contribution is 1.08. The van der Waals surface area contributed by atoms with Gasteiger partial charge >= 0.3 is 0 Å². The first-order valence-corrected chi connectivity index (χ1v) is 19.3. The van der Waals surface area contributed by atoms with Gasteiger partial charge in [-0.15, -0.1) is 0 Å². The molecule has 57 heavy (non-hydrogen) atoms. The van der Waals surface area contributed by atoms with E-state index in [1.165, 1.54) is 38.7 Å². The average Bonchev–Trinajstić information content (AvgIpc) is 3.30. The van der Waals surface area contributed by atoms with Crippen LogP contribution in [0.2, 0.25) is 0 Å². The van der Waals surface area contributed by atoms with Crippen molar-refractivity contribution in [3.63, 3.8) is 0 Å². The minimum Gasteiger partial charge on any atom is -0.309 e. The van der Waals surface area contributed by atoms with Crippen molar-refractivity contribution in [2.24, 2.45) is 0 Å². The Bertz CT molecular complexity index is 3050. The van der Waals surface area contributed by atoms with E-state index in [1.807, 2.05) is 60.7 Å². The summed E-state index contributed by atoms with van der Waals surface area (Å²) < 4.78 is 0. The summed E-state index contributed by atoms with van der Waals surface area (Å²) in [7, 11) is 0. The van der Waals surface area contributed by atoms with Crippen LogP contribution in [0.3, 0.4) is 0 Å². The summed E-state index contributed by atoms with van der Waals surface area (Å²) in [6.45, 7) is 0. The van der Waals surface area contributed by atoms with Crippen LogP contribution in [0.4, 0.5) is 17.1 Å². The molecule has 1 aliphatic rings. The van der Waals surface area contributed by atoms with E-state index in [4.69, 9.17) is 15.0 Å². The van der Waals surface area contributed by atoms with Gasteiger partial charge in [-0.1, -0.05) is 170 Å². The molecule has 10 aromatic rings. The highest BCUT2D eigenvalue weighted by molar-refractivity contribution is 6.18. The van der Waals surface area contributed by atoms with Gasteiger partial charge < -0.3 is 4.90 Å². The molecule has 1 aromatic heterocycles. The molecule has 0 amide bonds. The molecule has 0 fully saturated rings. The number of anilines is 3. The minimum atomic E-state index is 0.645. The Balaban J connectivity index is 1.10. The number of rotatable bonds is 6. The molecule has 9 aromatic carbocycles. The van der Waals surface area contributed by atoms with E-state index in [-0.39, 0.29) is 0 Å². The second-order valence-corrected chi connectivity index (χ2v) is 14.4. The van der Waals surface area contributed by atoms with E-state index in [1.54, 1.807) is 0 Å². The van der Waals surface area contributed by atoms with Gasteiger partial charge in [0.1, 0.15) is 0 Å². The van der Waals surface area contributed by atoms with Gasteiger partial charge in [-0.25, -0.2) is 15.0 Å². The Morgan fingerprint density at radius 1 is 0.281 bits per heavy atom. The minimum absolute atomic E-state index is 0.645. The third kappa shape index (κ3) is 5.58. The molecular formula is C53H34N4. The second kappa shape index (κ2) is 13.6. The van der Waals surface area contributed by atoms with Crippen molar-refractivity contribution in [1.29, 1.82) is 0 Å². The SMILES string of the molecule is c1ccc(-c2nc(-c3ccccc3)nc(-c3ccc(-c4ccc5c(c4)-c4cccc6c(-c7ccccc7)ccc(c46)N5c4ccccc4)c4ccccc34)n2)cc1. The Labute approximate surface area is 331 Å². The van der Waals surface area contributed by atoms with Gasteiger partial charge in [0.05, 0.1) is 11.4 Å². The largest absolute Gasteiger partial charge is 0.309 e.